The topological polar surface area (TPSA) is 38.5 Å². The zero-order chi connectivity index (χ0) is 14.8. The molecular formula is C16H19BrN2OS. The molecule has 0 radical (unpaired) electrons. The van der Waals surface area contributed by atoms with E-state index in [1.807, 2.05) is 23.5 Å². The highest BCUT2D eigenvalue weighted by molar-refractivity contribution is 9.10. The van der Waals surface area contributed by atoms with Gasteiger partial charge in [0.15, 0.2) is 0 Å². The predicted octanol–water partition coefficient (Wildman–Crippen LogP) is 4.11. The number of thiophene rings is 1. The number of anilines is 1. The number of rotatable bonds is 3. The van der Waals surface area contributed by atoms with Gasteiger partial charge in [-0.2, -0.15) is 0 Å². The lowest BCUT2D eigenvalue weighted by Crippen LogP contribution is -2.33. The van der Waals surface area contributed by atoms with Gasteiger partial charge in [-0.3, -0.25) is 0 Å². The minimum Gasteiger partial charge on any atom is -0.491 e. The Labute approximate surface area is 137 Å². The number of fused-ring (bicyclic) bond motifs is 1. The van der Waals surface area contributed by atoms with E-state index in [0.717, 1.165) is 31.0 Å². The van der Waals surface area contributed by atoms with E-state index in [9.17, 15) is 0 Å². The fourth-order valence-corrected chi connectivity index (χ4v) is 4.41. The summed E-state index contributed by atoms with van der Waals surface area (Å²) in [6.45, 7) is 4.46. The van der Waals surface area contributed by atoms with E-state index in [0.29, 0.717) is 6.54 Å². The molecule has 0 aliphatic carbocycles. The zero-order valence-electron chi connectivity index (χ0n) is 12.0. The van der Waals surface area contributed by atoms with Gasteiger partial charge in [0.1, 0.15) is 5.75 Å². The van der Waals surface area contributed by atoms with Crippen molar-refractivity contribution in [2.75, 3.05) is 24.6 Å². The largest absolute Gasteiger partial charge is 0.491 e. The third kappa shape index (κ3) is 2.96. The lowest BCUT2D eigenvalue weighted by atomic mass is 10.1. The van der Waals surface area contributed by atoms with Crippen LogP contribution in [-0.2, 0) is 0 Å². The molecule has 1 atom stereocenters. The van der Waals surface area contributed by atoms with Gasteiger partial charge in [-0.15, -0.1) is 11.3 Å². The molecule has 0 amide bonds. The average molecular weight is 367 g/mol. The second kappa shape index (κ2) is 6.38. The number of hydrogen-bond acceptors (Lipinski definition) is 4. The van der Waals surface area contributed by atoms with Crippen LogP contribution >= 0.6 is 27.3 Å². The minimum atomic E-state index is 0.197. The maximum Gasteiger partial charge on any atom is 0.142 e. The molecule has 2 heterocycles. The molecule has 0 spiro atoms. The fourth-order valence-electron chi connectivity index (χ4n) is 2.72. The molecule has 112 valence electrons. The molecule has 0 saturated carbocycles. The first-order valence-corrected chi connectivity index (χ1v) is 8.76. The number of halogens is 1. The van der Waals surface area contributed by atoms with Crippen LogP contribution in [0.5, 0.6) is 5.75 Å². The monoisotopic (exact) mass is 366 g/mol. The van der Waals surface area contributed by atoms with Gasteiger partial charge in [-0.05, 0) is 47.5 Å². The highest BCUT2D eigenvalue weighted by Gasteiger charge is 2.25. The predicted molar refractivity (Wildman–Crippen MR) is 92.5 cm³/mol. The molecule has 5 heteroatoms. The summed E-state index contributed by atoms with van der Waals surface area (Å²) < 4.78 is 7.02. The molecule has 1 aromatic carbocycles. The summed E-state index contributed by atoms with van der Waals surface area (Å²) >= 11 is 5.42. The third-order valence-corrected chi connectivity index (χ3v) is 6.02. The minimum absolute atomic E-state index is 0.197. The third-order valence-electron chi connectivity index (χ3n) is 3.78. The van der Waals surface area contributed by atoms with Gasteiger partial charge in [0.05, 0.1) is 18.3 Å². The quantitative estimate of drug-likeness (QED) is 0.888. The van der Waals surface area contributed by atoms with Crippen molar-refractivity contribution in [2.45, 2.75) is 19.4 Å². The summed E-state index contributed by atoms with van der Waals surface area (Å²) in [4.78, 5) is 4.99. The Morgan fingerprint density at radius 1 is 1.43 bits per heavy atom. The van der Waals surface area contributed by atoms with Gasteiger partial charge >= 0.3 is 0 Å². The molecule has 1 unspecified atom stereocenters. The first kappa shape index (κ1) is 14.9. The van der Waals surface area contributed by atoms with Crippen molar-refractivity contribution < 1.29 is 4.74 Å². The van der Waals surface area contributed by atoms with Gasteiger partial charge in [-0.1, -0.05) is 12.1 Å². The van der Waals surface area contributed by atoms with Crippen LogP contribution in [-0.4, -0.2) is 19.7 Å². The highest BCUT2D eigenvalue weighted by atomic mass is 79.9. The summed E-state index contributed by atoms with van der Waals surface area (Å²) in [5.74, 6) is 0.959. The summed E-state index contributed by atoms with van der Waals surface area (Å²) in [6, 6.07) is 10.6. The molecule has 1 aromatic heterocycles. The number of hydrogen-bond donors (Lipinski definition) is 1. The number of aryl methyl sites for hydroxylation is 1. The molecule has 3 nitrogen and oxygen atoms in total. The molecule has 2 aromatic rings. The molecule has 2 N–H and O–H groups in total. The normalized spacial score (nSPS) is 16.0. The smallest absolute Gasteiger partial charge is 0.142 e. The second-order valence-corrected chi connectivity index (χ2v) is 7.31. The van der Waals surface area contributed by atoms with Crippen LogP contribution < -0.4 is 15.4 Å². The van der Waals surface area contributed by atoms with Crippen LogP contribution in [0, 0.1) is 6.92 Å². The summed E-state index contributed by atoms with van der Waals surface area (Å²) in [6.07, 6.45) is 1.01. The van der Waals surface area contributed by atoms with E-state index in [1.54, 1.807) is 0 Å². The second-order valence-electron chi connectivity index (χ2n) is 5.17. The van der Waals surface area contributed by atoms with Crippen molar-refractivity contribution in [3.8, 4) is 5.75 Å². The molecular weight excluding hydrogens is 348 g/mol. The first-order chi connectivity index (χ1) is 10.2. The molecule has 0 fully saturated rings. The van der Waals surface area contributed by atoms with E-state index < -0.39 is 0 Å². The Kier molecular flexibility index (Phi) is 4.52. The number of nitrogens with two attached hydrogens (primary N) is 1. The maximum absolute atomic E-state index is 6.11. The van der Waals surface area contributed by atoms with Crippen LogP contribution in [0.2, 0.25) is 0 Å². The summed E-state index contributed by atoms with van der Waals surface area (Å²) in [7, 11) is 0. The Morgan fingerprint density at radius 3 is 2.95 bits per heavy atom. The molecule has 3 rings (SSSR count). The van der Waals surface area contributed by atoms with E-state index in [2.05, 4.69) is 46.0 Å². The lowest BCUT2D eigenvalue weighted by molar-refractivity contribution is 0.322. The van der Waals surface area contributed by atoms with Crippen molar-refractivity contribution in [3.05, 3.63) is 44.6 Å². The van der Waals surface area contributed by atoms with Crippen molar-refractivity contribution in [1.29, 1.82) is 0 Å². The lowest BCUT2D eigenvalue weighted by Gasteiger charge is -2.31. The van der Waals surface area contributed by atoms with Crippen LogP contribution in [0.1, 0.15) is 22.2 Å². The van der Waals surface area contributed by atoms with Gasteiger partial charge in [0.25, 0.3) is 0 Å². The van der Waals surface area contributed by atoms with Crippen molar-refractivity contribution >= 4 is 33.0 Å². The van der Waals surface area contributed by atoms with E-state index in [1.165, 1.54) is 14.2 Å². The van der Waals surface area contributed by atoms with Crippen LogP contribution in [0.25, 0.3) is 0 Å². The standard InChI is InChI=1S/C16H19BrN2OS/c1-11-12(17)9-16(21-11)14(10-18)19-7-4-8-20-15-6-3-2-5-13(15)19/h2-3,5-6,9,14H,4,7-8,10,18H2,1H3. The van der Waals surface area contributed by atoms with E-state index in [-0.39, 0.29) is 6.04 Å². The SMILES string of the molecule is Cc1sc(C(CN)N2CCCOc3ccccc32)cc1Br. The highest BCUT2D eigenvalue weighted by Crippen LogP contribution is 2.39. The van der Waals surface area contributed by atoms with Crippen LogP contribution in [0.4, 0.5) is 5.69 Å². The maximum atomic E-state index is 6.11. The van der Waals surface area contributed by atoms with Crippen LogP contribution in [0.3, 0.4) is 0 Å². The molecule has 21 heavy (non-hydrogen) atoms. The van der Waals surface area contributed by atoms with Crippen molar-refractivity contribution in [2.24, 2.45) is 5.73 Å². The van der Waals surface area contributed by atoms with Crippen LogP contribution in [0.15, 0.2) is 34.8 Å². The number of para-hydroxylation sites is 2. The summed E-state index contributed by atoms with van der Waals surface area (Å²) in [5, 5.41) is 0. The molecule has 1 aliphatic rings. The Balaban J connectivity index is 2.00. The van der Waals surface area contributed by atoms with E-state index >= 15 is 0 Å². The number of ether oxygens (including phenoxy) is 1. The van der Waals surface area contributed by atoms with Gasteiger partial charge < -0.3 is 15.4 Å². The van der Waals surface area contributed by atoms with Gasteiger partial charge in [0, 0.05) is 27.3 Å². The first-order valence-electron chi connectivity index (χ1n) is 7.15. The fraction of sp³-hybridized carbons (Fsp3) is 0.375. The van der Waals surface area contributed by atoms with Gasteiger partial charge in [-0.25, -0.2) is 0 Å². The Bertz CT molecular complexity index is 609. The Morgan fingerprint density at radius 2 is 2.24 bits per heavy atom. The summed E-state index contributed by atoms with van der Waals surface area (Å²) in [5.41, 5.74) is 7.26. The molecule has 0 saturated heterocycles. The van der Waals surface area contributed by atoms with Gasteiger partial charge in [0.2, 0.25) is 0 Å². The van der Waals surface area contributed by atoms with E-state index in [4.69, 9.17) is 10.5 Å². The Hall–Kier alpha value is -1.04. The average Bonchev–Trinajstić information content (AvgIpc) is 2.71. The number of benzene rings is 1. The molecule has 0 bridgehead atoms. The van der Waals surface area contributed by atoms with Crippen molar-refractivity contribution in [1.82, 2.24) is 0 Å². The van der Waals surface area contributed by atoms with Crippen molar-refractivity contribution in [3.63, 3.8) is 0 Å². The molecule has 1 aliphatic heterocycles. The number of nitrogens with zero attached hydrogens (tertiary/aromatic N) is 1. The zero-order valence-corrected chi connectivity index (χ0v) is 14.4.